The fourth-order valence-electron chi connectivity index (χ4n) is 5.44. The molecule has 1 amide bonds. The Morgan fingerprint density at radius 3 is 2.58 bits per heavy atom. The number of carbonyl (C=O) groups is 1. The Labute approximate surface area is 232 Å². The molecule has 13 heteroatoms. The summed E-state index contributed by atoms with van der Waals surface area (Å²) in [5.41, 5.74) is 7.73. The van der Waals surface area contributed by atoms with Crippen molar-refractivity contribution in [1.82, 2.24) is 29.7 Å². The zero-order chi connectivity index (χ0) is 28.4. The van der Waals surface area contributed by atoms with Crippen molar-refractivity contribution in [2.24, 2.45) is 11.7 Å². The van der Waals surface area contributed by atoms with Crippen LogP contribution in [0, 0.1) is 12.8 Å². The molecule has 2 atom stereocenters. The Bertz CT molecular complexity index is 1490. The molecule has 1 fully saturated rings. The number of benzene rings is 1. The van der Waals surface area contributed by atoms with Crippen molar-refractivity contribution < 1.29 is 19.0 Å². The minimum Gasteiger partial charge on any atom is -0.493 e. The number of ether oxygens (including phenoxy) is 3. The number of aryl methyl sites for hydroxylation is 1. The highest BCUT2D eigenvalue weighted by atomic mass is 16.5. The van der Waals surface area contributed by atoms with E-state index in [1.807, 2.05) is 29.8 Å². The monoisotopic (exact) mass is 549 g/mol. The quantitative estimate of drug-likeness (QED) is 0.253. The lowest BCUT2D eigenvalue weighted by Crippen LogP contribution is -2.34. The van der Waals surface area contributed by atoms with Crippen molar-refractivity contribution in [1.29, 1.82) is 0 Å². The highest BCUT2D eigenvalue weighted by Crippen LogP contribution is 2.40. The van der Waals surface area contributed by atoms with Gasteiger partial charge in [0, 0.05) is 36.8 Å². The number of imidazole rings is 1. The number of fused-ring (bicyclic) bond motifs is 1. The van der Waals surface area contributed by atoms with Gasteiger partial charge in [0.2, 0.25) is 17.6 Å². The van der Waals surface area contributed by atoms with E-state index >= 15 is 0 Å². The molecule has 1 aliphatic heterocycles. The Kier molecular flexibility index (Phi) is 7.63. The first-order chi connectivity index (χ1) is 19.3. The summed E-state index contributed by atoms with van der Waals surface area (Å²) in [6.45, 7) is 4.84. The third kappa shape index (κ3) is 5.18. The lowest BCUT2D eigenvalue weighted by molar-refractivity contribution is -0.118. The molecule has 0 bridgehead atoms. The van der Waals surface area contributed by atoms with Gasteiger partial charge in [0.1, 0.15) is 18.0 Å². The van der Waals surface area contributed by atoms with Crippen LogP contribution < -0.4 is 30.2 Å². The largest absolute Gasteiger partial charge is 0.493 e. The highest BCUT2D eigenvalue weighted by Gasteiger charge is 2.35. The van der Waals surface area contributed by atoms with Crippen molar-refractivity contribution in [3.05, 3.63) is 30.4 Å². The molecule has 1 aromatic carbocycles. The summed E-state index contributed by atoms with van der Waals surface area (Å²) in [7, 11) is 4.72. The van der Waals surface area contributed by atoms with Crippen LogP contribution in [0.2, 0.25) is 0 Å². The van der Waals surface area contributed by atoms with Crippen LogP contribution >= 0.6 is 0 Å². The number of rotatable bonds is 11. The average molecular weight is 550 g/mol. The molecule has 4 N–H and O–H groups in total. The standard InChI is InChI=1S/C27H35N9O4/c1-6-7-16-8-18(11-21(28)37)36(12-16)27-31-25(23-15(2)33-34-26(23)32-27)30-22-13-35(14-29-22)17-9-19(38-3)24(40-5)20(10-17)39-4/h9-10,13-14,16,18H,6-8,11-12H2,1-5H3,(H2,28,37)(H2,30,31,32,33,34)/t16?,18-/m0/s1. The molecule has 0 aliphatic carbocycles. The number of carbonyl (C=O) groups excluding carboxylic acids is 1. The molecule has 212 valence electrons. The van der Waals surface area contributed by atoms with Gasteiger partial charge < -0.3 is 34.7 Å². The van der Waals surface area contributed by atoms with E-state index in [1.54, 1.807) is 27.7 Å². The second-order valence-corrected chi connectivity index (χ2v) is 9.96. The molecule has 1 aliphatic rings. The summed E-state index contributed by atoms with van der Waals surface area (Å²) < 4.78 is 18.3. The number of hydrogen-bond donors (Lipinski definition) is 3. The van der Waals surface area contributed by atoms with Gasteiger partial charge >= 0.3 is 0 Å². The summed E-state index contributed by atoms with van der Waals surface area (Å²) in [6.07, 6.45) is 6.79. The second kappa shape index (κ2) is 11.3. The molecule has 13 nitrogen and oxygen atoms in total. The molecule has 3 aromatic heterocycles. The minimum atomic E-state index is -0.334. The van der Waals surface area contributed by atoms with E-state index in [9.17, 15) is 4.79 Å². The van der Waals surface area contributed by atoms with Gasteiger partial charge in [-0.1, -0.05) is 13.3 Å². The average Bonchev–Trinajstić information content (AvgIpc) is 3.66. The lowest BCUT2D eigenvalue weighted by atomic mass is 9.99. The summed E-state index contributed by atoms with van der Waals surface area (Å²) >= 11 is 0. The summed E-state index contributed by atoms with van der Waals surface area (Å²) in [6, 6.07) is 3.62. The van der Waals surface area contributed by atoms with E-state index in [-0.39, 0.29) is 18.4 Å². The van der Waals surface area contributed by atoms with Crippen molar-refractivity contribution >= 4 is 34.5 Å². The Balaban J connectivity index is 1.49. The Hall–Kier alpha value is -4.55. The van der Waals surface area contributed by atoms with Crippen LogP contribution in [0.1, 0.15) is 38.3 Å². The number of amides is 1. The van der Waals surface area contributed by atoms with Crippen LogP contribution in [0.15, 0.2) is 24.7 Å². The zero-order valence-corrected chi connectivity index (χ0v) is 23.4. The van der Waals surface area contributed by atoms with Gasteiger partial charge in [0.15, 0.2) is 17.1 Å². The maximum Gasteiger partial charge on any atom is 0.229 e. The molecular weight excluding hydrogens is 514 g/mol. The SMILES string of the molecule is CCCC1C[C@@H](CC(N)=O)N(c2nc(Nc3cn(-c4cc(OC)c(OC)c(OC)c4)cn3)c3c(C)[nH]nc3n2)C1. The van der Waals surface area contributed by atoms with Gasteiger partial charge in [0.25, 0.3) is 0 Å². The van der Waals surface area contributed by atoms with Crippen molar-refractivity contribution in [3.8, 4) is 22.9 Å². The smallest absolute Gasteiger partial charge is 0.229 e. The number of nitrogens with zero attached hydrogens (tertiary/aromatic N) is 6. The Morgan fingerprint density at radius 1 is 1.18 bits per heavy atom. The first-order valence-corrected chi connectivity index (χ1v) is 13.2. The molecule has 0 radical (unpaired) electrons. The van der Waals surface area contributed by atoms with E-state index in [2.05, 4.69) is 32.3 Å². The molecule has 0 saturated carbocycles. The number of methoxy groups -OCH3 is 3. The third-order valence-electron chi connectivity index (χ3n) is 7.25. The zero-order valence-electron chi connectivity index (χ0n) is 23.4. The van der Waals surface area contributed by atoms with E-state index < -0.39 is 0 Å². The number of aromatic amines is 1. The highest BCUT2D eigenvalue weighted by molar-refractivity contribution is 5.91. The topological polar surface area (TPSA) is 158 Å². The summed E-state index contributed by atoms with van der Waals surface area (Å²) in [4.78, 5) is 28.2. The van der Waals surface area contributed by atoms with Crippen molar-refractivity contribution in [2.75, 3.05) is 38.1 Å². The van der Waals surface area contributed by atoms with E-state index in [4.69, 9.17) is 29.9 Å². The summed E-state index contributed by atoms with van der Waals surface area (Å²) in [5.74, 6) is 3.34. The van der Waals surface area contributed by atoms with Gasteiger partial charge in [-0.05, 0) is 25.7 Å². The van der Waals surface area contributed by atoms with E-state index in [0.29, 0.717) is 46.4 Å². The fraction of sp³-hybridized carbons (Fsp3) is 0.444. The first kappa shape index (κ1) is 27.0. The molecule has 4 aromatic rings. The lowest BCUT2D eigenvalue weighted by Gasteiger charge is -2.24. The van der Waals surface area contributed by atoms with E-state index in [1.165, 1.54) is 0 Å². The number of H-pyrrole nitrogens is 1. The van der Waals surface area contributed by atoms with Crippen molar-refractivity contribution in [2.45, 2.75) is 45.6 Å². The van der Waals surface area contributed by atoms with Crippen LogP contribution in [0.3, 0.4) is 0 Å². The number of nitrogens with one attached hydrogen (secondary N) is 2. The number of hydrogen-bond acceptors (Lipinski definition) is 10. The van der Waals surface area contributed by atoms with Crippen LogP contribution in [0.25, 0.3) is 16.7 Å². The normalized spacial score (nSPS) is 16.9. The Morgan fingerprint density at radius 2 is 1.93 bits per heavy atom. The molecule has 4 heterocycles. The number of anilines is 3. The third-order valence-corrected chi connectivity index (χ3v) is 7.25. The maximum atomic E-state index is 11.8. The van der Waals surface area contributed by atoms with Crippen LogP contribution in [0.5, 0.6) is 17.2 Å². The van der Waals surface area contributed by atoms with Crippen LogP contribution in [0.4, 0.5) is 17.6 Å². The summed E-state index contributed by atoms with van der Waals surface area (Å²) in [5, 5.41) is 11.5. The molecule has 40 heavy (non-hydrogen) atoms. The molecule has 1 saturated heterocycles. The van der Waals surface area contributed by atoms with E-state index in [0.717, 1.165) is 42.6 Å². The molecular formula is C27H35N9O4. The van der Waals surface area contributed by atoms with Crippen LogP contribution in [-0.4, -0.2) is 69.5 Å². The fourth-order valence-corrected chi connectivity index (χ4v) is 5.44. The minimum absolute atomic E-state index is 0.0568. The number of primary amides is 1. The molecule has 0 spiro atoms. The van der Waals surface area contributed by atoms with Crippen LogP contribution in [-0.2, 0) is 4.79 Å². The van der Waals surface area contributed by atoms with Gasteiger partial charge in [-0.25, -0.2) is 4.98 Å². The predicted molar refractivity (Wildman–Crippen MR) is 151 cm³/mol. The van der Waals surface area contributed by atoms with Gasteiger partial charge in [0.05, 0.1) is 38.6 Å². The van der Waals surface area contributed by atoms with Gasteiger partial charge in [-0.15, -0.1) is 0 Å². The predicted octanol–water partition coefficient (Wildman–Crippen LogP) is 3.49. The first-order valence-electron chi connectivity index (χ1n) is 13.2. The number of aromatic nitrogens is 6. The molecule has 5 rings (SSSR count). The second-order valence-electron chi connectivity index (χ2n) is 9.96. The maximum absolute atomic E-state index is 11.8. The molecule has 1 unspecified atom stereocenters. The van der Waals surface area contributed by atoms with Gasteiger partial charge in [-0.2, -0.15) is 15.1 Å². The van der Waals surface area contributed by atoms with Crippen molar-refractivity contribution in [3.63, 3.8) is 0 Å². The number of nitrogens with two attached hydrogens (primary N) is 1. The van der Waals surface area contributed by atoms with Gasteiger partial charge in [-0.3, -0.25) is 9.89 Å².